The largest absolute Gasteiger partial charge is 0.321 e. The third-order valence-electron chi connectivity index (χ3n) is 3.92. The molecule has 0 aliphatic rings. The minimum absolute atomic E-state index is 0.861. The first-order valence-corrected chi connectivity index (χ1v) is 7.52. The Bertz CT molecular complexity index is 136. The van der Waals surface area contributed by atoms with Crippen molar-refractivity contribution in [2.24, 2.45) is 0 Å². The van der Waals surface area contributed by atoms with Gasteiger partial charge in [0.25, 0.3) is 0 Å². The monoisotopic (exact) mass is 228 g/mol. The Hall–Kier alpha value is -0.0400. The molecule has 16 heavy (non-hydrogen) atoms. The van der Waals surface area contributed by atoms with Crippen molar-refractivity contribution < 1.29 is 4.48 Å². The van der Waals surface area contributed by atoms with Gasteiger partial charge in [0.2, 0.25) is 0 Å². The van der Waals surface area contributed by atoms with Crippen molar-refractivity contribution in [3.8, 4) is 0 Å². The molecule has 0 saturated heterocycles. The summed E-state index contributed by atoms with van der Waals surface area (Å²) in [7, 11) is 0. The zero-order valence-corrected chi connectivity index (χ0v) is 12.4. The lowest BCUT2D eigenvalue weighted by molar-refractivity contribution is -0.950. The molecule has 0 aromatic heterocycles. The molecule has 0 aliphatic carbocycles. The second-order valence-corrected chi connectivity index (χ2v) is 5.38. The van der Waals surface area contributed by atoms with Gasteiger partial charge >= 0.3 is 0 Å². The van der Waals surface area contributed by atoms with Crippen molar-refractivity contribution in [3.63, 3.8) is 0 Å². The van der Waals surface area contributed by atoms with E-state index in [0.29, 0.717) is 0 Å². The molecule has 0 amide bonds. The van der Waals surface area contributed by atoms with Gasteiger partial charge < -0.3 is 4.48 Å². The molecule has 0 saturated carbocycles. The van der Waals surface area contributed by atoms with Crippen LogP contribution in [0, 0.1) is 0 Å². The Morgan fingerprint density at radius 1 is 0.750 bits per heavy atom. The molecular weight excluding hydrogens is 194 g/mol. The fourth-order valence-electron chi connectivity index (χ4n) is 3.11. The summed E-state index contributed by atoms with van der Waals surface area (Å²) >= 11 is 0. The quantitative estimate of drug-likeness (QED) is 0.479. The average molecular weight is 228 g/mol. The lowest BCUT2D eigenvalue weighted by atomic mass is 10.0. The number of hydrogen-bond acceptors (Lipinski definition) is 0. The smallest absolute Gasteiger partial charge is 0.0861 e. The predicted octanol–water partition coefficient (Wildman–Crippen LogP) is 4.61. The van der Waals surface area contributed by atoms with Gasteiger partial charge in [0.05, 0.1) is 25.7 Å². The van der Waals surface area contributed by atoms with E-state index in [4.69, 9.17) is 0 Å². The highest BCUT2D eigenvalue weighted by Crippen LogP contribution is 2.21. The Morgan fingerprint density at radius 3 is 1.50 bits per heavy atom. The molecule has 1 unspecified atom stereocenters. The number of unbranched alkanes of at least 4 members (excludes halogenated alkanes) is 1. The molecule has 0 fully saturated rings. The molecule has 0 aromatic rings. The Morgan fingerprint density at radius 2 is 1.19 bits per heavy atom. The second kappa shape index (κ2) is 9.04. The van der Waals surface area contributed by atoms with Crippen molar-refractivity contribution in [2.75, 3.05) is 19.6 Å². The van der Waals surface area contributed by atoms with Crippen LogP contribution in [-0.2, 0) is 0 Å². The van der Waals surface area contributed by atoms with E-state index < -0.39 is 0 Å². The van der Waals surface area contributed by atoms with Crippen LogP contribution in [0.15, 0.2) is 0 Å². The highest BCUT2D eigenvalue weighted by atomic mass is 15.4. The Kier molecular flexibility index (Phi) is 9.02. The summed E-state index contributed by atoms with van der Waals surface area (Å²) in [5.74, 6) is 0. The Labute approximate surface area is 104 Å². The molecule has 0 bridgehead atoms. The third kappa shape index (κ3) is 4.86. The highest BCUT2D eigenvalue weighted by molar-refractivity contribution is 4.56. The molecule has 1 heteroatoms. The topological polar surface area (TPSA) is 0 Å². The van der Waals surface area contributed by atoms with Gasteiger partial charge in [-0.2, -0.15) is 0 Å². The van der Waals surface area contributed by atoms with Gasteiger partial charge in [-0.1, -0.05) is 34.1 Å². The van der Waals surface area contributed by atoms with Crippen molar-refractivity contribution >= 4 is 0 Å². The SMILES string of the molecule is CCCCC(C)[N+](CCC)(CCC)CCC. The summed E-state index contributed by atoms with van der Waals surface area (Å²) in [5, 5.41) is 0. The molecular formula is C15H34N+. The zero-order chi connectivity index (χ0) is 12.4. The Balaban J connectivity index is 4.54. The van der Waals surface area contributed by atoms with Crippen LogP contribution in [0.1, 0.15) is 73.1 Å². The molecule has 0 heterocycles. The fourth-order valence-corrected chi connectivity index (χ4v) is 3.11. The average Bonchev–Trinajstić information content (AvgIpc) is 2.26. The number of rotatable bonds is 10. The number of hydrogen-bond donors (Lipinski definition) is 0. The standard InChI is InChI=1S/C15H34N/c1-6-10-11-15(5)16(12-7-2,13-8-3)14-9-4/h15H,6-14H2,1-5H3/q+1. The van der Waals surface area contributed by atoms with Crippen LogP contribution in [0.25, 0.3) is 0 Å². The molecule has 0 spiro atoms. The van der Waals surface area contributed by atoms with Gasteiger partial charge in [-0.05, 0) is 39.0 Å². The molecule has 0 rings (SSSR count). The van der Waals surface area contributed by atoms with E-state index in [9.17, 15) is 0 Å². The van der Waals surface area contributed by atoms with Crippen LogP contribution in [0.4, 0.5) is 0 Å². The second-order valence-electron chi connectivity index (χ2n) is 5.38. The maximum absolute atomic E-state index is 2.48. The lowest BCUT2D eigenvalue weighted by Crippen LogP contribution is -2.55. The number of quaternary nitrogens is 1. The van der Waals surface area contributed by atoms with Crippen LogP contribution >= 0.6 is 0 Å². The maximum atomic E-state index is 2.48. The summed E-state index contributed by atoms with van der Waals surface area (Å²) in [6, 6.07) is 0.861. The first-order valence-electron chi connectivity index (χ1n) is 7.52. The first-order chi connectivity index (χ1) is 7.66. The van der Waals surface area contributed by atoms with E-state index in [1.54, 1.807) is 0 Å². The number of nitrogens with zero attached hydrogens (tertiary/aromatic N) is 1. The maximum Gasteiger partial charge on any atom is 0.0861 e. The summed E-state index contributed by atoms with van der Waals surface area (Å²) in [4.78, 5) is 0. The summed E-state index contributed by atoms with van der Waals surface area (Å²) in [5.41, 5.74) is 0. The van der Waals surface area contributed by atoms with Gasteiger partial charge in [-0.15, -0.1) is 0 Å². The fraction of sp³-hybridized carbons (Fsp3) is 1.00. The van der Waals surface area contributed by atoms with Crippen LogP contribution < -0.4 is 0 Å². The molecule has 0 radical (unpaired) electrons. The van der Waals surface area contributed by atoms with Gasteiger partial charge in [-0.25, -0.2) is 0 Å². The molecule has 1 nitrogen and oxygen atoms in total. The minimum atomic E-state index is 0.861. The van der Waals surface area contributed by atoms with Gasteiger partial charge in [0.15, 0.2) is 0 Å². The van der Waals surface area contributed by atoms with E-state index in [0.717, 1.165) is 6.04 Å². The van der Waals surface area contributed by atoms with Crippen molar-refractivity contribution in [3.05, 3.63) is 0 Å². The van der Waals surface area contributed by atoms with Crippen LogP contribution in [-0.4, -0.2) is 30.2 Å². The first kappa shape index (κ1) is 16.0. The molecule has 1 atom stereocenters. The minimum Gasteiger partial charge on any atom is -0.321 e. The predicted molar refractivity (Wildman–Crippen MR) is 74.7 cm³/mol. The normalized spacial score (nSPS) is 14.1. The molecule has 0 aliphatic heterocycles. The van der Waals surface area contributed by atoms with E-state index in [1.165, 1.54) is 62.6 Å². The molecule has 98 valence electrons. The van der Waals surface area contributed by atoms with Crippen molar-refractivity contribution in [2.45, 2.75) is 79.2 Å². The van der Waals surface area contributed by atoms with E-state index >= 15 is 0 Å². The van der Waals surface area contributed by atoms with E-state index in [1.807, 2.05) is 0 Å². The van der Waals surface area contributed by atoms with Crippen LogP contribution in [0.5, 0.6) is 0 Å². The van der Waals surface area contributed by atoms with Crippen molar-refractivity contribution in [1.82, 2.24) is 0 Å². The molecule has 0 N–H and O–H groups in total. The summed E-state index contributed by atoms with van der Waals surface area (Å²) in [6.45, 7) is 15.9. The highest BCUT2D eigenvalue weighted by Gasteiger charge is 2.30. The van der Waals surface area contributed by atoms with Gasteiger partial charge in [-0.3, -0.25) is 0 Å². The lowest BCUT2D eigenvalue weighted by Gasteiger charge is -2.44. The van der Waals surface area contributed by atoms with Gasteiger partial charge in [0.1, 0.15) is 0 Å². The van der Waals surface area contributed by atoms with Crippen molar-refractivity contribution in [1.29, 1.82) is 0 Å². The summed E-state index contributed by atoms with van der Waals surface area (Å²) in [6.07, 6.45) is 8.15. The third-order valence-corrected chi connectivity index (χ3v) is 3.92. The molecule has 0 aromatic carbocycles. The van der Waals surface area contributed by atoms with E-state index in [-0.39, 0.29) is 0 Å². The summed E-state index contributed by atoms with van der Waals surface area (Å²) < 4.78 is 1.38. The van der Waals surface area contributed by atoms with Gasteiger partial charge in [0, 0.05) is 0 Å². The van der Waals surface area contributed by atoms with Crippen LogP contribution in [0.3, 0.4) is 0 Å². The van der Waals surface area contributed by atoms with Crippen LogP contribution in [0.2, 0.25) is 0 Å². The van der Waals surface area contributed by atoms with E-state index in [2.05, 4.69) is 34.6 Å². The zero-order valence-electron chi connectivity index (χ0n) is 12.4.